The van der Waals surface area contributed by atoms with Gasteiger partial charge in [-0.2, -0.15) is 5.10 Å². The van der Waals surface area contributed by atoms with Crippen molar-refractivity contribution >= 4 is 5.82 Å². The van der Waals surface area contributed by atoms with Crippen LogP contribution in [-0.2, 0) is 6.54 Å². The van der Waals surface area contributed by atoms with E-state index in [0.717, 1.165) is 6.42 Å². The zero-order valence-electron chi connectivity index (χ0n) is 8.03. The third-order valence-electron chi connectivity index (χ3n) is 2.07. The molecule has 72 valence electrons. The van der Waals surface area contributed by atoms with Gasteiger partial charge in [0.15, 0.2) is 0 Å². The van der Waals surface area contributed by atoms with Crippen molar-refractivity contribution < 1.29 is 0 Å². The summed E-state index contributed by atoms with van der Waals surface area (Å²) in [5.74, 6) is 0.843. The van der Waals surface area contributed by atoms with Crippen LogP contribution in [0.2, 0.25) is 0 Å². The van der Waals surface area contributed by atoms with E-state index in [1.807, 2.05) is 0 Å². The third kappa shape index (κ3) is 2.57. The van der Waals surface area contributed by atoms with E-state index < -0.39 is 0 Å². The lowest BCUT2D eigenvalue weighted by molar-refractivity contribution is 0.426. The molecule has 4 nitrogen and oxygen atoms in total. The Labute approximate surface area is 77.4 Å². The molecular formula is C9H15N3O. The van der Waals surface area contributed by atoms with Crippen LogP contribution in [0.1, 0.15) is 20.3 Å². The average Bonchev–Trinajstić information content (AvgIpc) is 2.11. The molecule has 0 saturated heterocycles. The summed E-state index contributed by atoms with van der Waals surface area (Å²) in [6, 6.07) is 2.97. The number of rotatable bonds is 3. The first-order chi connectivity index (χ1) is 6.13. The number of aromatic nitrogens is 2. The first-order valence-electron chi connectivity index (χ1n) is 4.47. The Bertz CT molecular complexity index is 332. The molecule has 0 radical (unpaired) electrons. The summed E-state index contributed by atoms with van der Waals surface area (Å²) >= 11 is 0. The molecule has 0 spiro atoms. The van der Waals surface area contributed by atoms with Crippen LogP contribution >= 0.6 is 0 Å². The fourth-order valence-corrected chi connectivity index (χ4v) is 1.02. The van der Waals surface area contributed by atoms with Gasteiger partial charge in [0.1, 0.15) is 5.82 Å². The van der Waals surface area contributed by atoms with E-state index in [1.165, 1.54) is 16.8 Å². The largest absolute Gasteiger partial charge is 0.382 e. The summed E-state index contributed by atoms with van der Waals surface area (Å²) in [7, 11) is 0. The third-order valence-corrected chi connectivity index (χ3v) is 2.07. The first kappa shape index (κ1) is 9.77. The van der Waals surface area contributed by atoms with Gasteiger partial charge in [0, 0.05) is 12.6 Å². The van der Waals surface area contributed by atoms with Crippen molar-refractivity contribution in [2.24, 2.45) is 5.92 Å². The van der Waals surface area contributed by atoms with Gasteiger partial charge in [-0.05, 0) is 12.0 Å². The Hall–Kier alpha value is -1.32. The van der Waals surface area contributed by atoms with E-state index in [-0.39, 0.29) is 5.56 Å². The SMILES string of the molecule is CCC(C)Cn1nc(N)ccc1=O. The van der Waals surface area contributed by atoms with E-state index >= 15 is 0 Å². The molecule has 1 aromatic rings. The van der Waals surface area contributed by atoms with Crippen LogP contribution in [0.3, 0.4) is 0 Å². The maximum atomic E-state index is 11.3. The van der Waals surface area contributed by atoms with Crippen LogP contribution < -0.4 is 11.3 Å². The maximum Gasteiger partial charge on any atom is 0.266 e. The number of hydrogen-bond acceptors (Lipinski definition) is 3. The normalized spacial score (nSPS) is 12.8. The molecule has 0 amide bonds. The highest BCUT2D eigenvalue weighted by Gasteiger charge is 2.03. The molecule has 0 aliphatic carbocycles. The van der Waals surface area contributed by atoms with E-state index in [2.05, 4.69) is 18.9 Å². The van der Waals surface area contributed by atoms with E-state index in [9.17, 15) is 4.79 Å². The van der Waals surface area contributed by atoms with Crippen molar-refractivity contribution in [2.75, 3.05) is 5.73 Å². The van der Waals surface area contributed by atoms with Crippen LogP contribution in [0.4, 0.5) is 5.82 Å². The maximum absolute atomic E-state index is 11.3. The van der Waals surface area contributed by atoms with Crippen molar-refractivity contribution in [1.29, 1.82) is 0 Å². The summed E-state index contributed by atoms with van der Waals surface area (Å²) < 4.78 is 1.42. The fraction of sp³-hybridized carbons (Fsp3) is 0.556. The zero-order chi connectivity index (χ0) is 9.84. The molecule has 1 aromatic heterocycles. The van der Waals surface area contributed by atoms with Gasteiger partial charge in [0.2, 0.25) is 0 Å². The van der Waals surface area contributed by atoms with Gasteiger partial charge in [-0.1, -0.05) is 20.3 Å². The zero-order valence-corrected chi connectivity index (χ0v) is 8.03. The summed E-state index contributed by atoms with van der Waals surface area (Å²) in [6.07, 6.45) is 1.03. The number of nitrogen functional groups attached to an aromatic ring is 1. The molecule has 1 heterocycles. The Morgan fingerprint density at radius 1 is 1.62 bits per heavy atom. The second-order valence-electron chi connectivity index (χ2n) is 3.29. The monoisotopic (exact) mass is 181 g/mol. The van der Waals surface area contributed by atoms with Gasteiger partial charge >= 0.3 is 0 Å². The lowest BCUT2D eigenvalue weighted by Crippen LogP contribution is -2.25. The quantitative estimate of drug-likeness (QED) is 0.752. The fourth-order valence-electron chi connectivity index (χ4n) is 1.02. The summed E-state index contributed by atoms with van der Waals surface area (Å²) in [4.78, 5) is 11.3. The van der Waals surface area contributed by atoms with Gasteiger partial charge in [-0.3, -0.25) is 4.79 Å². The Kier molecular flexibility index (Phi) is 3.06. The van der Waals surface area contributed by atoms with Gasteiger partial charge in [-0.15, -0.1) is 0 Å². The predicted octanol–water partition coefficient (Wildman–Crippen LogP) is 0.872. The molecule has 2 N–H and O–H groups in total. The molecule has 0 aromatic carbocycles. The first-order valence-corrected chi connectivity index (χ1v) is 4.47. The van der Waals surface area contributed by atoms with E-state index in [4.69, 9.17) is 5.73 Å². The standard InChI is InChI=1S/C9H15N3O/c1-3-7(2)6-12-9(13)5-4-8(10)11-12/h4-5,7H,3,6H2,1-2H3,(H2,10,11). The van der Waals surface area contributed by atoms with Crippen molar-refractivity contribution in [1.82, 2.24) is 9.78 Å². The smallest absolute Gasteiger partial charge is 0.266 e. The number of nitrogens with zero attached hydrogens (tertiary/aromatic N) is 2. The summed E-state index contributed by atoms with van der Waals surface area (Å²) in [5, 5.41) is 3.94. The topological polar surface area (TPSA) is 60.9 Å². The lowest BCUT2D eigenvalue weighted by atomic mass is 10.1. The summed E-state index contributed by atoms with van der Waals surface area (Å²) in [6.45, 7) is 4.81. The highest BCUT2D eigenvalue weighted by Crippen LogP contribution is 2.02. The van der Waals surface area contributed by atoms with Crippen LogP contribution in [0.15, 0.2) is 16.9 Å². The highest BCUT2D eigenvalue weighted by atomic mass is 16.1. The Balaban J connectivity index is 2.87. The van der Waals surface area contributed by atoms with E-state index in [0.29, 0.717) is 18.3 Å². The number of hydrogen-bond donors (Lipinski definition) is 1. The molecular weight excluding hydrogens is 166 g/mol. The molecule has 4 heteroatoms. The highest BCUT2D eigenvalue weighted by molar-refractivity contribution is 5.23. The number of anilines is 1. The van der Waals surface area contributed by atoms with Crippen molar-refractivity contribution in [3.63, 3.8) is 0 Å². The second-order valence-corrected chi connectivity index (χ2v) is 3.29. The van der Waals surface area contributed by atoms with Gasteiger partial charge in [-0.25, -0.2) is 4.68 Å². The average molecular weight is 181 g/mol. The van der Waals surface area contributed by atoms with Gasteiger partial charge < -0.3 is 5.73 Å². The minimum absolute atomic E-state index is 0.0884. The lowest BCUT2D eigenvalue weighted by Gasteiger charge is -2.09. The molecule has 0 aliphatic rings. The molecule has 1 atom stereocenters. The molecule has 0 saturated carbocycles. The molecule has 1 rings (SSSR count). The summed E-state index contributed by atoms with van der Waals surface area (Å²) in [5.41, 5.74) is 5.39. The van der Waals surface area contributed by atoms with Crippen molar-refractivity contribution in [2.45, 2.75) is 26.8 Å². The van der Waals surface area contributed by atoms with Gasteiger partial charge in [0.05, 0.1) is 0 Å². The van der Waals surface area contributed by atoms with Crippen LogP contribution in [0, 0.1) is 5.92 Å². The van der Waals surface area contributed by atoms with Crippen LogP contribution in [-0.4, -0.2) is 9.78 Å². The Morgan fingerprint density at radius 3 is 2.92 bits per heavy atom. The van der Waals surface area contributed by atoms with Crippen LogP contribution in [0.5, 0.6) is 0 Å². The Morgan fingerprint density at radius 2 is 2.31 bits per heavy atom. The molecule has 1 unspecified atom stereocenters. The van der Waals surface area contributed by atoms with Crippen LogP contribution in [0.25, 0.3) is 0 Å². The minimum Gasteiger partial charge on any atom is -0.382 e. The molecule has 0 aliphatic heterocycles. The van der Waals surface area contributed by atoms with Crippen molar-refractivity contribution in [3.05, 3.63) is 22.5 Å². The number of nitrogens with two attached hydrogens (primary N) is 1. The van der Waals surface area contributed by atoms with Gasteiger partial charge in [0.25, 0.3) is 5.56 Å². The molecule has 13 heavy (non-hydrogen) atoms. The minimum atomic E-state index is -0.0884. The molecule has 0 bridgehead atoms. The predicted molar refractivity (Wildman–Crippen MR) is 52.4 cm³/mol. The second kappa shape index (κ2) is 4.07. The molecule has 0 fully saturated rings. The van der Waals surface area contributed by atoms with E-state index in [1.54, 1.807) is 0 Å². The van der Waals surface area contributed by atoms with Crippen molar-refractivity contribution in [3.8, 4) is 0 Å².